The van der Waals surface area contributed by atoms with Crippen LogP contribution in [0.5, 0.6) is 0 Å². The molecule has 3 atom stereocenters. The van der Waals surface area contributed by atoms with E-state index in [1.54, 1.807) is 6.92 Å². The van der Waals surface area contributed by atoms with Gasteiger partial charge in [-0.25, -0.2) is 9.59 Å². The molecule has 2 saturated carbocycles. The van der Waals surface area contributed by atoms with E-state index in [1.807, 2.05) is 0 Å². The van der Waals surface area contributed by atoms with E-state index in [0.29, 0.717) is 18.1 Å². The smallest absolute Gasteiger partial charge is 0.407 e. The lowest BCUT2D eigenvalue weighted by Gasteiger charge is -2.21. The second kappa shape index (κ2) is 6.77. The van der Waals surface area contributed by atoms with Crippen LogP contribution in [0.1, 0.15) is 32.6 Å². The number of alkyl carbamates (subject to hydrolysis) is 1. The van der Waals surface area contributed by atoms with Crippen LogP contribution in [-0.4, -0.2) is 31.8 Å². The maximum Gasteiger partial charge on any atom is 0.407 e. The van der Waals surface area contributed by atoms with Crippen molar-refractivity contribution in [3.05, 3.63) is 12.2 Å². The lowest BCUT2D eigenvalue weighted by molar-refractivity contribution is -0.138. The average molecular weight is 281 g/mol. The van der Waals surface area contributed by atoms with Gasteiger partial charge in [-0.1, -0.05) is 13.0 Å². The largest absolute Gasteiger partial charge is 0.460 e. The molecule has 0 spiro atoms. The third-order valence-corrected chi connectivity index (χ3v) is 4.27. The van der Waals surface area contributed by atoms with E-state index in [9.17, 15) is 9.59 Å². The SMILES string of the molecule is C=C(C)C(=O)OCCNC(=O)OCC1CC2CCC1C2. The quantitative estimate of drug-likeness (QED) is 0.461. The van der Waals surface area contributed by atoms with E-state index < -0.39 is 12.1 Å². The molecule has 0 aromatic heterocycles. The standard InChI is InChI=1S/C15H23NO4/c1-10(2)14(17)19-6-5-16-15(18)20-9-13-8-11-3-4-12(13)7-11/h11-13H,1,3-9H2,2H3,(H,16,18). The molecular formula is C15H23NO4. The molecule has 2 fully saturated rings. The van der Waals surface area contributed by atoms with Gasteiger partial charge in [0.25, 0.3) is 0 Å². The maximum absolute atomic E-state index is 11.5. The molecule has 1 N–H and O–H groups in total. The number of fused-ring (bicyclic) bond motifs is 2. The molecule has 0 aromatic carbocycles. The Morgan fingerprint density at radius 1 is 1.25 bits per heavy atom. The summed E-state index contributed by atoms with van der Waals surface area (Å²) in [5.74, 6) is 1.71. The van der Waals surface area contributed by atoms with Gasteiger partial charge in [0.1, 0.15) is 6.61 Å². The number of rotatable bonds is 6. The van der Waals surface area contributed by atoms with Crippen LogP contribution in [0, 0.1) is 17.8 Å². The van der Waals surface area contributed by atoms with Gasteiger partial charge in [-0.05, 0) is 43.9 Å². The zero-order valence-electron chi connectivity index (χ0n) is 12.0. The molecule has 1 amide bonds. The highest BCUT2D eigenvalue weighted by Crippen LogP contribution is 2.48. The van der Waals surface area contributed by atoms with Crippen molar-refractivity contribution in [1.82, 2.24) is 5.32 Å². The first-order chi connectivity index (χ1) is 9.56. The predicted molar refractivity (Wildman–Crippen MR) is 74.1 cm³/mol. The number of amides is 1. The number of nitrogens with one attached hydrogen (secondary N) is 1. The number of carbonyl (C=O) groups is 2. The van der Waals surface area contributed by atoms with Gasteiger partial charge in [-0.2, -0.15) is 0 Å². The Bertz CT molecular complexity index is 393. The Labute approximate surface area is 119 Å². The van der Waals surface area contributed by atoms with Crippen LogP contribution in [0.4, 0.5) is 4.79 Å². The molecule has 2 aliphatic carbocycles. The number of hydrogen-bond acceptors (Lipinski definition) is 4. The highest BCUT2D eigenvalue weighted by Gasteiger charge is 2.39. The van der Waals surface area contributed by atoms with Crippen LogP contribution in [0.3, 0.4) is 0 Å². The molecule has 3 unspecified atom stereocenters. The van der Waals surface area contributed by atoms with Crippen molar-refractivity contribution < 1.29 is 19.1 Å². The Morgan fingerprint density at radius 3 is 2.65 bits per heavy atom. The molecule has 5 nitrogen and oxygen atoms in total. The van der Waals surface area contributed by atoms with Gasteiger partial charge >= 0.3 is 12.1 Å². The molecule has 20 heavy (non-hydrogen) atoms. The number of esters is 1. The molecule has 0 radical (unpaired) electrons. The summed E-state index contributed by atoms with van der Waals surface area (Å²) < 4.78 is 10.1. The van der Waals surface area contributed by atoms with Crippen molar-refractivity contribution in [2.24, 2.45) is 17.8 Å². The minimum absolute atomic E-state index is 0.134. The first-order valence-electron chi connectivity index (χ1n) is 7.29. The zero-order valence-corrected chi connectivity index (χ0v) is 12.0. The van der Waals surface area contributed by atoms with E-state index in [4.69, 9.17) is 9.47 Å². The van der Waals surface area contributed by atoms with E-state index >= 15 is 0 Å². The molecule has 2 aliphatic rings. The second-order valence-electron chi connectivity index (χ2n) is 5.88. The van der Waals surface area contributed by atoms with Gasteiger partial charge in [0.15, 0.2) is 0 Å². The van der Waals surface area contributed by atoms with Crippen LogP contribution in [0.2, 0.25) is 0 Å². The molecule has 2 rings (SSSR count). The van der Waals surface area contributed by atoms with Gasteiger partial charge < -0.3 is 14.8 Å². The maximum atomic E-state index is 11.5. The molecule has 0 aromatic rings. The Balaban J connectivity index is 1.52. The lowest BCUT2D eigenvalue weighted by Crippen LogP contribution is -2.30. The second-order valence-corrected chi connectivity index (χ2v) is 5.88. The van der Waals surface area contributed by atoms with E-state index in [-0.39, 0.29) is 13.2 Å². The summed E-state index contributed by atoms with van der Waals surface area (Å²) >= 11 is 0. The van der Waals surface area contributed by atoms with Gasteiger partial charge in [-0.15, -0.1) is 0 Å². The Morgan fingerprint density at radius 2 is 2.05 bits per heavy atom. The molecule has 0 aliphatic heterocycles. The number of carbonyl (C=O) groups excluding carboxylic acids is 2. The predicted octanol–water partition coefficient (Wildman–Crippen LogP) is 2.27. The van der Waals surface area contributed by atoms with E-state index in [2.05, 4.69) is 11.9 Å². The first kappa shape index (κ1) is 14.9. The Hall–Kier alpha value is -1.52. The van der Waals surface area contributed by atoms with Gasteiger partial charge in [0.05, 0.1) is 13.2 Å². The van der Waals surface area contributed by atoms with Crippen molar-refractivity contribution >= 4 is 12.1 Å². The van der Waals surface area contributed by atoms with Gasteiger partial charge in [-0.3, -0.25) is 0 Å². The monoisotopic (exact) mass is 281 g/mol. The fourth-order valence-corrected chi connectivity index (χ4v) is 3.23. The minimum Gasteiger partial charge on any atom is -0.460 e. The van der Waals surface area contributed by atoms with Crippen molar-refractivity contribution in [2.75, 3.05) is 19.8 Å². The molecule has 0 saturated heterocycles. The third kappa shape index (κ3) is 3.99. The summed E-state index contributed by atoms with van der Waals surface area (Å²) in [5, 5.41) is 2.58. The van der Waals surface area contributed by atoms with Crippen LogP contribution >= 0.6 is 0 Å². The average Bonchev–Trinajstić information content (AvgIpc) is 3.03. The summed E-state index contributed by atoms with van der Waals surface area (Å²) in [5.41, 5.74) is 0.351. The molecular weight excluding hydrogens is 258 g/mol. The molecule has 0 heterocycles. The number of hydrogen-bond donors (Lipinski definition) is 1. The fourth-order valence-electron chi connectivity index (χ4n) is 3.23. The van der Waals surface area contributed by atoms with Gasteiger partial charge in [0, 0.05) is 5.57 Å². The van der Waals surface area contributed by atoms with Crippen LogP contribution in [-0.2, 0) is 14.3 Å². The minimum atomic E-state index is -0.442. The van der Waals surface area contributed by atoms with Crippen LogP contribution < -0.4 is 5.32 Å². The summed E-state index contributed by atoms with van der Waals surface area (Å²) in [7, 11) is 0. The third-order valence-electron chi connectivity index (χ3n) is 4.27. The lowest BCUT2D eigenvalue weighted by atomic mass is 9.90. The zero-order chi connectivity index (χ0) is 14.5. The summed E-state index contributed by atoms with van der Waals surface area (Å²) in [4.78, 5) is 22.6. The van der Waals surface area contributed by atoms with Crippen LogP contribution in [0.25, 0.3) is 0 Å². The van der Waals surface area contributed by atoms with Crippen molar-refractivity contribution in [1.29, 1.82) is 0 Å². The number of ether oxygens (including phenoxy) is 2. The summed E-state index contributed by atoms with van der Waals surface area (Å²) in [6, 6.07) is 0. The Kier molecular flexibility index (Phi) is 5.04. The van der Waals surface area contributed by atoms with Crippen molar-refractivity contribution in [2.45, 2.75) is 32.6 Å². The van der Waals surface area contributed by atoms with E-state index in [0.717, 1.165) is 11.8 Å². The molecule has 112 valence electrons. The topological polar surface area (TPSA) is 64.6 Å². The van der Waals surface area contributed by atoms with E-state index in [1.165, 1.54) is 25.7 Å². The van der Waals surface area contributed by atoms with Crippen molar-refractivity contribution in [3.8, 4) is 0 Å². The fraction of sp³-hybridized carbons (Fsp3) is 0.733. The van der Waals surface area contributed by atoms with Crippen molar-refractivity contribution in [3.63, 3.8) is 0 Å². The normalized spacial score (nSPS) is 27.1. The highest BCUT2D eigenvalue weighted by molar-refractivity contribution is 5.86. The summed E-state index contributed by atoms with van der Waals surface area (Å²) in [6.45, 7) is 5.96. The first-order valence-corrected chi connectivity index (χ1v) is 7.29. The van der Waals surface area contributed by atoms with Gasteiger partial charge in [0.2, 0.25) is 0 Å². The highest BCUT2D eigenvalue weighted by atomic mass is 16.6. The molecule has 2 bridgehead atoms. The van der Waals surface area contributed by atoms with Crippen LogP contribution in [0.15, 0.2) is 12.2 Å². The molecule has 5 heteroatoms. The summed E-state index contributed by atoms with van der Waals surface area (Å²) in [6.07, 6.45) is 4.72.